The molecule has 1 atom stereocenters. The summed E-state index contributed by atoms with van der Waals surface area (Å²) >= 11 is 0. The summed E-state index contributed by atoms with van der Waals surface area (Å²) < 4.78 is 5.60. The van der Waals surface area contributed by atoms with E-state index in [4.69, 9.17) is 4.74 Å². The van der Waals surface area contributed by atoms with E-state index in [2.05, 4.69) is 31.5 Å². The number of carbonyl (C=O) groups excluding carboxylic acids is 1. The molecule has 166 valence electrons. The second-order valence-corrected chi connectivity index (χ2v) is 8.25. The minimum Gasteiger partial charge on any atom is -0.484 e. The van der Waals surface area contributed by atoms with Gasteiger partial charge in [-0.1, -0.05) is 18.6 Å². The van der Waals surface area contributed by atoms with Crippen LogP contribution in [0.3, 0.4) is 0 Å². The molecule has 2 fully saturated rings. The maximum Gasteiger partial charge on any atom is 0.257 e. The number of hydrogen-bond acceptors (Lipinski definition) is 4. The summed E-state index contributed by atoms with van der Waals surface area (Å²) in [6, 6.07) is 7.87. The summed E-state index contributed by atoms with van der Waals surface area (Å²) in [4.78, 5) is 21.1. The van der Waals surface area contributed by atoms with Gasteiger partial charge in [0.05, 0.1) is 0 Å². The molecule has 7 heteroatoms. The number of amides is 1. The molecule has 7 nitrogen and oxygen atoms in total. The highest BCUT2D eigenvalue weighted by molar-refractivity contribution is 5.80. The van der Waals surface area contributed by atoms with Crippen molar-refractivity contribution in [2.75, 3.05) is 52.9 Å². The van der Waals surface area contributed by atoms with Crippen molar-refractivity contribution >= 4 is 11.9 Å². The van der Waals surface area contributed by atoms with Gasteiger partial charge in [-0.05, 0) is 62.9 Å². The molecule has 0 bridgehead atoms. The van der Waals surface area contributed by atoms with Gasteiger partial charge >= 0.3 is 0 Å². The van der Waals surface area contributed by atoms with E-state index in [0.717, 1.165) is 30.5 Å². The Morgan fingerprint density at radius 1 is 1.20 bits per heavy atom. The molecule has 1 aromatic rings. The normalized spacial score (nSPS) is 20.3. The second kappa shape index (κ2) is 11.8. The van der Waals surface area contributed by atoms with E-state index < -0.39 is 0 Å². The number of aliphatic imine (C=N–C) groups is 1. The Kier molecular flexibility index (Phi) is 8.81. The van der Waals surface area contributed by atoms with Crippen LogP contribution in [0.5, 0.6) is 5.75 Å². The molecule has 1 aromatic carbocycles. The average molecular weight is 416 g/mol. The van der Waals surface area contributed by atoms with E-state index in [1.807, 2.05) is 32.2 Å². The molecule has 1 unspecified atom stereocenters. The van der Waals surface area contributed by atoms with Gasteiger partial charge in [0.1, 0.15) is 5.75 Å². The van der Waals surface area contributed by atoms with Gasteiger partial charge in [0, 0.05) is 39.8 Å². The van der Waals surface area contributed by atoms with Crippen molar-refractivity contribution in [3.8, 4) is 5.75 Å². The minimum absolute atomic E-state index is 0.0403. The summed E-state index contributed by atoms with van der Waals surface area (Å²) in [7, 11) is 1.85. The van der Waals surface area contributed by atoms with Crippen LogP contribution in [0.2, 0.25) is 0 Å². The Morgan fingerprint density at radius 2 is 2.03 bits per heavy atom. The Bertz CT molecular complexity index is 703. The quantitative estimate of drug-likeness (QED) is 0.503. The maximum absolute atomic E-state index is 11.6. The van der Waals surface area contributed by atoms with Crippen LogP contribution >= 0.6 is 0 Å². The molecule has 0 aliphatic carbocycles. The van der Waals surface area contributed by atoms with Crippen LogP contribution < -0.4 is 15.4 Å². The van der Waals surface area contributed by atoms with E-state index in [-0.39, 0.29) is 12.5 Å². The summed E-state index contributed by atoms with van der Waals surface area (Å²) in [6.07, 6.45) is 5.33. The van der Waals surface area contributed by atoms with Crippen molar-refractivity contribution in [3.63, 3.8) is 0 Å². The van der Waals surface area contributed by atoms with Gasteiger partial charge in [0.25, 0.3) is 5.91 Å². The molecule has 2 saturated heterocycles. The summed E-state index contributed by atoms with van der Waals surface area (Å²) in [5, 5.41) is 6.23. The van der Waals surface area contributed by atoms with Crippen molar-refractivity contribution in [2.24, 2.45) is 10.9 Å². The third kappa shape index (κ3) is 6.90. The second-order valence-electron chi connectivity index (χ2n) is 8.25. The smallest absolute Gasteiger partial charge is 0.257 e. The lowest BCUT2D eigenvalue weighted by Crippen LogP contribution is -2.41. The van der Waals surface area contributed by atoms with Gasteiger partial charge < -0.3 is 25.2 Å². The van der Waals surface area contributed by atoms with E-state index in [0.29, 0.717) is 18.8 Å². The number of rotatable bonds is 8. The Balaban J connectivity index is 1.45. The predicted molar refractivity (Wildman–Crippen MR) is 121 cm³/mol. The maximum atomic E-state index is 11.6. The number of likely N-dealkylation sites (tertiary alicyclic amines) is 2. The monoisotopic (exact) mass is 415 g/mol. The van der Waals surface area contributed by atoms with Crippen molar-refractivity contribution in [2.45, 2.75) is 39.2 Å². The van der Waals surface area contributed by atoms with Crippen LogP contribution in [0.1, 0.15) is 38.2 Å². The number of hydrogen-bond donors (Lipinski definition) is 2. The molecule has 30 heavy (non-hydrogen) atoms. The number of carbonyl (C=O) groups is 1. The van der Waals surface area contributed by atoms with Crippen LogP contribution in [0.4, 0.5) is 0 Å². The number of benzene rings is 1. The van der Waals surface area contributed by atoms with E-state index in [9.17, 15) is 4.79 Å². The Labute approximate surface area is 180 Å². The highest BCUT2D eigenvalue weighted by Crippen LogP contribution is 2.20. The van der Waals surface area contributed by atoms with E-state index in [1.165, 1.54) is 45.3 Å². The van der Waals surface area contributed by atoms with E-state index >= 15 is 0 Å². The Morgan fingerprint density at radius 3 is 2.80 bits per heavy atom. The number of guanidine groups is 1. The molecule has 2 aliphatic rings. The standard InChI is InChI=1S/C23H37N5O2/c1-3-25-22(29)18-30-21-9-7-8-19(14-21)15-26-23(24-2)28-13-10-20(17-28)16-27-11-5-4-6-12-27/h7-9,14,20H,3-6,10-13,15-18H2,1-2H3,(H,24,26)(H,25,29). The summed E-state index contributed by atoms with van der Waals surface area (Å²) in [5.74, 6) is 2.30. The fourth-order valence-electron chi connectivity index (χ4n) is 4.34. The van der Waals surface area contributed by atoms with Gasteiger partial charge in [-0.25, -0.2) is 0 Å². The molecular formula is C23H37N5O2. The van der Waals surface area contributed by atoms with Crippen molar-refractivity contribution in [1.29, 1.82) is 0 Å². The first-order chi connectivity index (χ1) is 14.7. The molecule has 0 saturated carbocycles. The average Bonchev–Trinajstić information content (AvgIpc) is 3.22. The number of piperidine rings is 1. The van der Waals surface area contributed by atoms with Crippen molar-refractivity contribution in [1.82, 2.24) is 20.4 Å². The van der Waals surface area contributed by atoms with Crippen molar-refractivity contribution in [3.05, 3.63) is 29.8 Å². The lowest BCUT2D eigenvalue weighted by Gasteiger charge is -2.29. The van der Waals surface area contributed by atoms with Gasteiger partial charge in [-0.15, -0.1) is 0 Å². The largest absolute Gasteiger partial charge is 0.484 e. The van der Waals surface area contributed by atoms with Crippen LogP contribution in [-0.4, -0.2) is 74.6 Å². The number of likely N-dealkylation sites (N-methyl/N-ethyl adjacent to an activating group) is 1. The predicted octanol–water partition coefficient (Wildman–Crippen LogP) is 2.08. The molecule has 1 amide bonds. The number of ether oxygens (including phenoxy) is 1. The lowest BCUT2D eigenvalue weighted by molar-refractivity contribution is -0.122. The van der Waals surface area contributed by atoms with E-state index in [1.54, 1.807) is 0 Å². The zero-order valence-corrected chi connectivity index (χ0v) is 18.5. The molecule has 3 rings (SSSR count). The third-order valence-electron chi connectivity index (χ3n) is 5.86. The first-order valence-electron chi connectivity index (χ1n) is 11.3. The zero-order valence-electron chi connectivity index (χ0n) is 18.5. The number of nitrogens with zero attached hydrogens (tertiary/aromatic N) is 3. The minimum atomic E-state index is -0.102. The molecule has 2 N–H and O–H groups in total. The van der Waals surface area contributed by atoms with Crippen LogP contribution in [0.15, 0.2) is 29.3 Å². The van der Waals surface area contributed by atoms with Gasteiger partial charge in [-0.2, -0.15) is 0 Å². The fraction of sp³-hybridized carbons (Fsp3) is 0.652. The molecule has 0 radical (unpaired) electrons. The van der Waals surface area contributed by atoms with Crippen LogP contribution in [0.25, 0.3) is 0 Å². The lowest BCUT2D eigenvalue weighted by atomic mass is 10.1. The fourth-order valence-corrected chi connectivity index (χ4v) is 4.34. The SMILES string of the molecule is CCNC(=O)COc1cccc(CNC(=NC)N2CCC(CN3CCCCC3)C2)c1. The summed E-state index contributed by atoms with van der Waals surface area (Å²) in [6.45, 7) is 9.12. The molecule has 0 aromatic heterocycles. The van der Waals surface area contributed by atoms with Gasteiger partial charge in [-0.3, -0.25) is 9.79 Å². The third-order valence-corrected chi connectivity index (χ3v) is 5.86. The zero-order chi connectivity index (χ0) is 21.2. The molecule has 2 aliphatic heterocycles. The van der Waals surface area contributed by atoms with Crippen LogP contribution in [0, 0.1) is 5.92 Å². The first kappa shape index (κ1) is 22.4. The van der Waals surface area contributed by atoms with Gasteiger partial charge in [0.15, 0.2) is 12.6 Å². The highest BCUT2D eigenvalue weighted by Gasteiger charge is 2.26. The van der Waals surface area contributed by atoms with Crippen molar-refractivity contribution < 1.29 is 9.53 Å². The van der Waals surface area contributed by atoms with Gasteiger partial charge in [0.2, 0.25) is 0 Å². The topological polar surface area (TPSA) is 69.2 Å². The highest BCUT2D eigenvalue weighted by atomic mass is 16.5. The Hall–Kier alpha value is -2.28. The number of nitrogens with one attached hydrogen (secondary N) is 2. The summed E-state index contributed by atoms with van der Waals surface area (Å²) in [5.41, 5.74) is 1.11. The van der Waals surface area contributed by atoms with Crippen LogP contribution in [-0.2, 0) is 11.3 Å². The molecular weight excluding hydrogens is 378 g/mol. The first-order valence-corrected chi connectivity index (χ1v) is 11.3. The molecule has 0 spiro atoms. The molecule has 2 heterocycles.